The number of halogens is 1. The van der Waals surface area contributed by atoms with Gasteiger partial charge in [0.25, 0.3) is 5.91 Å². The molecular weight excluding hydrogens is 274 g/mol. The zero-order valence-electron chi connectivity index (χ0n) is 11.6. The summed E-state index contributed by atoms with van der Waals surface area (Å²) in [7, 11) is 0. The molecule has 0 aliphatic carbocycles. The fourth-order valence-corrected chi connectivity index (χ4v) is 2.32. The van der Waals surface area contributed by atoms with Crippen molar-refractivity contribution in [2.24, 2.45) is 0 Å². The average Bonchev–Trinajstić information content (AvgIpc) is 2.44. The summed E-state index contributed by atoms with van der Waals surface area (Å²) in [6, 6.07) is 7.41. The van der Waals surface area contributed by atoms with Gasteiger partial charge in [-0.1, -0.05) is 24.6 Å². The first-order chi connectivity index (χ1) is 9.61. The number of carbonyl (C=O) groups excluding carboxylic acids is 1. The van der Waals surface area contributed by atoms with E-state index in [2.05, 4.69) is 15.6 Å². The fourth-order valence-electron chi connectivity index (χ4n) is 2.09. The van der Waals surface area contributed by atoms with Gasteiger partial charge in [-0.05, 0) is 31.7 Å². The molecule has 20 heavy (non-hydrogen) atoms. The molecule has 0 radical (unpaired) electrons. The lowest BCUT2D eigenvalue weighted by Gasteiger charge is -2.14. The van der Waals surface area contributed by atoms with Crippen molar-refractivity contribution in [1.82, 2.24) is 15.6 Å². The topological polar surface area (TPSA) is 54.0 Å². The van der Waals surface area contributed by atoms with Gasteiger partial charge in [-0.3, -0.25) is 9.78 Å². The van der Waals surface area contributed by atoms with Crippen LogP contribution in [0.1, 0.15) is 24.2 Å². The molecule has 1 aromatic carbocycles. The van der Waals surface area contributed by atoms with Crippen LogP contribution in [0.3, 0.4) is 0 Å². The number of benzene rings is 1. The summed E-state index contributed by atoms with van der Waals surface area (Å²) in [5.74, 6) is -0.152. The predicted molar refractivity (Wildman–Crippen MR) is 82.2 cm³/mol. The lowest BCUT2D eigenvalue weighted by molar-refractivity contribution is 0.0951. The van der Waals surface area contributed by atoms with Gasteiger partial charge in [0.15, 0.2) is 0 Å². The Morgan fingerprint density at radius 1 is 1.45 bits per heavy atom. The molecule has 2 N–H and O–H groups in total. The zero-order valence-corrected chi connectivity index (χ0v) is 12.4. The quantitative estimate of drug-likeness (QED) is 0.890. The van der Waals surface area contributed by atoms with Crippen molar-refractivity contribution < 1.29 is 4.79 Å². The largest absolute Gasteiger partial charge is 0.350 e. The van der Waals surface area contributed by atoms with Crippen LogP contribution in [-0.2, 0) is 0 Å². The monoisotopic (exact) mass is 291 g/mol. The van der Waals surface area contributed by atoms with Crippen LogP contribution in [0, 0.1) is 0 Å². The Morgan fingerprint density at radius 3 is 3.00 bits per heavy atom. The molecule has 0 unspecified atom stereocenters. The minimum Gasteiger partial charge on any atom is -0.350 e. The third kappa shape index (κ3) is 3.46. The summed E-state index contributed by atoms with van der Waals surface area (Å²) in [4.78, 5) is 16.6. The van der Waals surface area contributed by atoms with Gasteiger partial charge in [0, 0.05) is 29.2 Å². The van der Waals surface area contributed by atoms with E-state index in [0.717, 1.165) is 11.9 Å². The molecule has 0 saturated carbocycles. The number of aromatic nitrogens is 1. The molecular formula is C15H18ClN3O. The van der Waals surface area contributed by atoms with Gasteiger partial charge < -0.3 is 10.6 Å². The number of pyridine rings is 1. The number of rotatable bonds is 5. The summed E-state index contributed by atoms with van der Waals surface area (Å²) in [5.41, 5.74) is 1.18. The maximum absolute atomic E-state index is 12.3. The summed E-state index contributed by atoms with van der Waals surface area (Å²) in [6.45, 7) is 5.50. The Morgan fingerprint density at radius 2 is 2.25 bits per heavy atom. The standard InChI is InChI=1S/C15H18ClN3O/c1-3-17-10(2)9-19-15(20)13-8-12(16)7-11-5-4-6-18-14(11)13/h4-8,10,17H,3,9H2,1-2H3,(H,19,20)/t10-/m1/s1. The molecule has 0 fully saturated rings. The smallest absolute Gasteiger partial charge is 0.253 e. The summed E-state index contributed by atoms with van der Waals surface area (Å²) in [6.07, 6.45) is 1.67. The van der Waals surface area contributed by atoms with E-state index in [1.54, 1.807) is 12.3 Å². The van der Waals surface area contributed by atoms with Gasteiger partial charge in [-0.2, -0.15) is 0 Å². The maximum atomic E-state index is 12.3. The highest BCUT2D eigenvalue weighted by atomic mass is 35.5. The second-order valence-corrected chi connectivity index (χ2v) is 5.13. The molecule has 0 aliphatic rings. The zero-order chi connectivity index (χ0) is 14.5. The molecule has 2 rings (SSSR count). The lowest BCUT2D eigenvalue weighted by atomic mass is 10.1. The number of nitrogens with one attached hydrogen (secondary N) is 2. The second-order valence-electron chi connectivity index (χ2n) is 4.70. The lowest BCUT2D eigenvalue weighted by Crippen LogP contribution is -2.38. The fraction of sp³-hybridized carbons (Fsp3) is 0.333. The minimum atomic E-state index is -0.152. The van der Waals surface area contributed by atoms with Crippen molar-refractivity contribution in [2.75, 3.05) is 13.1 Å². The van der Waals surface area contributed by atoms with Gasteiger partial charge in [0.05, 0.1) is 11.1 Å². The normalized spacial score (nSPS) is 12.3. The van der Waals surface area contributed by atoms with E-state index in [-0.39, 0.29) is 11.9 Å². The predicted octanol–water partition coefficient (Wildman–Crippen LogP) is 2.62. The molecule has 1 atom stereocenters. The highest BCUT2D eigenvalue weighted by Crippen LogP contribution is 2.22. The molecule has 0 aliphatic heterocycles. The van der Waals surface area contributed by atoms with Crippen LogP contribution in [0.4, 0.5) is 0 Å². The Kier molecular flexibility index (Phi) is 4.93. The number of fused-ring (bicyclic) bond motifs is 1. The van der Waals surface area contributed by atoms with Gasteiger partial charge in [-0.25, -0.2) is 0 Å². The number of amides is 1. The average molecular weight is 292 g/mol. The number of nitrogens with zero attached hydrogens (tertiary/aromatic N) is 1. The Balaban J connectivity index is 2.21. The van der Waals surface area contributed by atoms with Crippen LogP contribution < -0.4 is 10.6 Å². The molecule has 1 amide bonds. The third-order valence-corrected chi connectivity index (χ3v) is 3.25. The molecule has 0 spiro atoms. The van der Waals surface area contributed by atoms with E-state index in [9.17, 15) is 4.79 Å². The highest BCUT2D eigenvalue weighted by Gasteiger charge is 2.13. The van der Waals surface area contributed by atoms with Crippen LogP contribution in [-0.4, -0.2) is 30.0 Å². The molecule has 1 aromatic heterocycles. The van der Waals surface area contributed by atoms with Gasteiger partial charge >= 0.3 is 0 Å². The molecule has 106 valence electrons. The van der Waals surface area contributed by atoms with Crippen LogP contribution in [0.25, 0.3) is 10.9 Å². The van der Waals surface area contributed by atoms with Crippen LogP contribution in [0.2, 0.25) is 5.02 Å². The summed E-state index contributed by atoms with van der Waals surface area (Å²) in [5, 5.41) is 7.55. The van der Waals surface area contributed by atoms with Crippen molar-refractivity contribution >= 4 is 28.4 Å². The Labute approximate surface area is 123 Å². The number of carbonyl (C=O) groups is 1. The van der Waals surface area contributed by atoms with Crippen molar-refractivity contribution in [3.8, 4) is 0 Å². The molecule has 5 heteroatoms. The SMILES string of the molecule is CCN[C@H](C)CNC(=O)c1cc(Cl)cc2cccnc12. The van der Waals surface area contributed by atoms with E-state index in [4.69, 9.17) is 11.6 Å². The van der Waals surface area contributed by atoms with Crippen molar-refractivity contribution in [1.29, 1.82) is 0 Å². The number of hydrogen-bond donors (Lipinski definition) is 2. The molecule has 0 saturated heterocycles. The minimum absolute atomic E-state index is 0.152. The van der Waals surface area contributed by atoms with Gasteiger partial charge in [0.1, 0.15) is 0 Å². The first kappa shape index (κ1) is 14.8. The summed E-state index contributed by atoms with van der Waals surface area (Å²) < 4.78 is 0. The van der Waals surface area contributed by atoms with Gasteiger partial charge in [-0.15, -0.1) is 0 Å². The van der Waals surface area contributed by atoms with E-state index in [1.807, 2.05) is 32.0 Å². The highest BCUT2D eigenvalue weighted by molar-refractivity contribution is 6.32. The summed E-state index contributed by atoms with van der Waals surface area (Å²) >= 11 is 6.06. The second kappa shape index (κ2) is 6.68. The van der Waals surface area contributed by atoms with Crippen molar-refractivity contribution in [2.45, 2.75) is 19.9 Å². The van der Waals surface area contributed by atoms with E-state index >= 15 is 0 Å². The molecule has 0 bridgehead atoms. The number of likely N-dealkylation sites (N-methyl/N-ethyl adjacent to an activating group) is 1. The van der Waals surface area contributed by atoms with Crippen LogP contribution in [0.5, 0.6) is 0 Å². The number of hydrogen-bond acceptors (Lipinski definition) is 3. The van der Waals surface area contributed by atoms with E-state index in [0.29, 0.717) is 22.6 Å². The first-order valence-electron chi connectivity index (χ1n) is 6.67. The van der Waals surface area contributed by atoms with Crippen molar-refractivity contribution in [3.05, 3.63) is 41.0 Å². The first-order valence-corrected chi connectivity index (χ1v) is 7.05. The van der Waals surface area contributed by atoms with E-state index in [1.165, 1.54) is 0 Å². The van der Waals surface area contributed by atoms with E-state index < -0.39 is 0 Å². The Hall–Kier alpha value is -1.65. The third-order valence-electron chi connectivity index (χ3n) is 3.04. The maximum Gasteiger partial charge on any atom is 0.253 e. The molecule has 1 heterocycles. The Bertz CT molecular complexity index is 615. The van der Waals surface area contributed by atoms with Gasteiger partial charge in [0.2, 0.25) is 0 Å². The molecule has 4 nitrogen and oxygen atoms in total. The van der Waals surface area contributed by atoms with Crippen LogP contribution >= 0.6 is 11.6 Å². The van der Waals surface area contributed by atoms with Crippen LogP contribution in [0.15, 0.2) is 30.5 Å². The van der Waals surface area contributed by atoms with Crippen molar-refractivity contribution in [3.63, 3.8) is 0 Å². The molecule has 2 aromatic rings.